The van der Waals surface area contributed by atoms with Crippen molar-refractivity contribution in [3.05, 3.63) is 71.9 Å². The molecule has 6 heteroatoms. The lowest BCUT2D eigenvalue weighted by Crippen LogP contribution is -2.12. The normalized spacial score (nSPS) is 14.9. The number of rotatable bonds is 6. The molecule has 6 nitrogen and oxygen atoms in total. The van der Waals surface area contributed by atoms with Gasteiger partial charge in [-0.05, 0) is 55.3 Å². The number of nitrogens with zero attached hydrogens (tertiary/aromatic N) is 3. The summed E-state index contributed by atoms with van der Waals surface area (Å²) in [6, 6.07) is 17.8. The molecule has 0 saturated heterocycles. The van der Waals surface area contributed by atoms with E-state index in [0.717, 1.165) is 28.3 Å². The molecule has 2 aromatic carbocycles. The van der Waals surface area contributed by atoms with E-state index >= 15 is 0 Å². The van der Waals surface area contributed by atoms with Crippen molar-refractivity contribution < 1.29 is 9.53 Å². The molecule has 1 N–H and O–H groups in total. The molecule has 1 amide bonds. The topological polar surface area (TPSA) is 68.5 Å². The van der Waals surface area contributed by atoms with Crippen LogP contribution in [0.15, 0.2) is 71.5 Å². The molecule has 2 heterocycles. The number of benzene rings is 2. The van der Waals surface area contributed by atoms with Gasteiger partial charge in [-0.1, -0.05) is 32.0 Å². The van der Waals surface area contributed by atoms with Gasteiger partial charge in [-0.15, -0.1) is 0 Å². The fraction of sp³-hybridized carbons (Fsp3) is 0.208. The van der Waals surface area contributed by atoms with E-state index in [4.69, 9.17) is 9.84 Å². The number of aromatic nitrogens is 2. The number of amides is 1. The Morgan fingerprint density at radius 1 is 1.10 bits per heavy atom. The summed E-state index contributed by atoms with van der Waals surface area (Å²) in [6.45, 7) is 6.72. The van der Waals surface area contributed by atoms with E-state index in [1.54, 1.807) is 0 Å². The summed E-state index contributed by atoms with van der Waals surface area (Å²) >= 11 is 0. The van der Waals surface area contributed by atoms with Gasteiger partial charge in [0.1, 0.15) is 5.75 Å². The van der Waals surface area contributed by atoms with Gasteiger partial charge in [0, 0.05) is 17.3 Å². The zero-order valence-electron chi connectivity index (χ0n) is 17.3. The van der Waals surface area contributed by atoms with Gasteiger partial charge in [0.05, 0.1) is 29.3 Å². The zero-order valence-corrected chi connectivity index (χ0v) is 17.3. The number of carbonyl (C=O) groups is 1. The zero-order chi connectivity index (χ0) is 21.1. The molecule has 0 spiro atoms. The van der Waals surface area contributed by atoms with Crippen LogP contribution in [0.5, 0.6) is 5.75 Å². The Morgan fingerprint density at radius 3 is 2.47 bits per heavy atom. The third-order valence-corrected chi connectivity index (χ3v) is 4.73. The summed E-state index contributed by atoms with van der Waals surface area (Å²) in [6.07, 6.45) is 3.77. The number of para-hydroxylation sites is 1. The Labute approximate surface area is 175 Å². The molecule has 30 heavy (non-hydrogen) atoms. The molecule has 0 bridgehead atoms. The van der Waals surface area contributed by atoms with Gasteiger partial charge in [0.25, 0.3) is 5.91 Å². The van der Waals surface area contributed by atoms with Crippen LogP contribution in [0.3, 0.4) is 0 Å². The van der Waals surface area contributed by atoms with E-state index in [-0.39, 0.29) is 5.91 Å². The van der Waals surface area contributed by atoms with Crippen molar-refractivity contribution in [3.8, 4) is 22.7 Å². The second kappa shape index (κ2) is 8.37. The number of hydrogen-bond donors (Lipinski definition) is 1. The lowest BCUT2D eigenvalue weighted by Gasteiger charge is -2.09. The van der Waals surface area contributed by atoms with Crippen molar-refractivity contribution in [1.82, 2.24) is 15.2 Å². The van der Waals surface area contributed by atoms with E-state index in [1.807, 2.05) is 78.5 Å². The first-order chi connectivity index (χ1) is 14.5. The Balaban J connectivity index is 1.74. The van der Waals surface area contributed by atoms with E-state index in [2.05, 4.69) is 24.4 Å². The van der Waals surface area contributed by atoms with Crippen molar-refractivity contribution in [2.45, 2.75) is 20.8 Å². The monoisotopic (exact) mass is 400 g/mol. The largest absolute Gasteiger partial charge is 0.493 e. The number of carbonyl (C=O) groups excluding carboxylic acids is 1. The first-order valence-electron chi connectivity index (χ1n) is 9.96. The lowest BCUT2D eigenvalue weighted by molar-refractivity contribution is -0.116. The van der Waals surface area contributed by atoms with Crippen LogP contribution < -0.4 is 10.2 Å². The fourth-order valence-corrected chi connectivity index (χ4v) is 3.15. The highest BCUT2D eigenvalue weighted by Gasteiger charge is 2.21. The molecular weight excluding hydrogens is 376 g/mol. The Kier molecular flexibility index (Phi) is 5.48. The summed E-state index contributed by atoms with van der Waals surface area (Å²) in [5.41, 5.74) is 7.23. The van der Waals surface area contributed by atoms with Gasteiger partial charge in [0.2, 0.25) is 0 Å². The highest BCUT2D eigenvalue weighted by molar-refractivity contribution is 6.26. The van der Waals surface area contributed by atoms with Gasteiger partial charge in [-0.25, -0.2) is 10.1 Å². The highest BCUT2D eigenvalue weighted by atomic mass is 16.5. The Hall–Kier alpha value is -3.67. The molecule has 0 fully saturated rings. The fourth-order valence-electron chi connectivity index (χ4n) is 3.15. The minimum atomic E-state index is -0.205. The van der Waals surface area contributed by atoms with E-state index in [0.29, 0.717) is 23.8 Å². The smallest absolute Gasteiger partial charge is 0.273 e. The first kappa shape index (κ1) is 19.6. The van der Waals surface area contributed by atoms with Crippen molar-refractivity contribution in [2.75, 3.05) is 6.61 Å². The predicted octanol–water partition coefficient (Wildman–Crippen LogP) is 4.46. The van der Waals surface area contributed by atoms with Crippen molar-refractivity contribution in [1.29, 1.82) is 0 Å². The molecule has 0 saturated carbocycles. The molecule has 3 aromatic rings. The summed E-state index contributed by atoms with van der Waals surface area (Å²) in [5, 5.41) is 8.82. The first-order valence-corrected chi connectivity index (χ1v) is 9.96. The summed E-state index contributed by atoms with van der Waals surface area (Å²) in [5.74, 6) is 1.09. The van der Waals surface area contributed by atoms with Crippen LogP contribution in [0.25, 0.3) is 23.0 Å². The molecule has 1 aromatic heterocycles. The maximum Gasteiger partial charge on any atom is 0.273 e. The molecule has 0 unspecified atom stereocenters. The molecule has 152 valence electrons. The van der Waals surface area contributed by atoms with E-state index < -0.39 is 0 Å². The average Bonchev–Trinajstić information content (AvgIpc) is 3.32. The molecule has 0 radical (unpaired) electrons. The molecule has 4 rings (SSSR count). The highest BCUT2D eigenvalue weighted by Crippen LogP contribution is 2.28. The van der Waals surface area contributed by atoms with Crippen LogP contribution in [-0.2, 0) is 4.79 Å². The third kappa shape index (κ3) is 4.17. The third-order valence-electron chi connectivity index (χ3n) is 4.73. The number of nitrogens with one attached hydrogen (secondary N) is 1. The molecule has 0 aliphatic carbocycles. The van der Waals surface area contributed by atoms with Gasteiger partial charge < -0.3 is 4.74 Å². The van der Waals surface area contributed by atoms with Gasteiger partial charge >= 0.3 is 0 Å². The summed E-state index contributed by atoms with van der Waals surface area (Å²) in [4.78, 5) is 12.1. The Bertz CT molecular complexity index is 1110. The second-order valence-electron chi connectivity index (χ2n) is 7.64. The van der Waals surface area contributed by atoms with Crippen LogP contribution in [-0.4, -0.2) is 28.0 Å². The average molecular weight is 400 g/mol. The molecular formula is C24H24N4O2. The molecule has 1 aliphatic rings. The van der Waals surface area contributed by atoms with Gasteiger partial charge in [-0.3, -0.25) is 4.79 Å². The summed E-state index contributed by atoms with van der Waals surface area (Å²) < 4.78 is 7.62. The molecule has 1 aliphatic heterocycles. The molecule has 0 atom stereocenters. The van der Waals surface area contributed by atoms with Crippen molar-refractivity contribution in [3.63, 3.8) is 0 Å². The lowest BCUT2D eigenvalue weighted by atomic mass is 10.0. The van der Waals surface area contributed by atoms with Crippen molar-refractivity contribution in [2.24, 2.45) is 11.0 Å². The minimum absolute atomic E-state index is 0.205. The maximum atomic E-state index is 12.1. The standard InChI is InChI=1S/C24H24N4O2/c1-16(2)15-30-21-11-9-18(10-12-21)23-19(13-22-17(3)25-26-24(22)29)14-28(27-23)20-7-5-4-6-8-20/h4-14,16H,15H2,1-3H3,(H,26,29)/b22-13+. The summed E-state index contributed by atoms with van der Waals surface area (Å²) in [7, 11) is 0. The quantitative estimate of drug-likeness (QED) is 0.621. The van der Waals surface area contributed by atoms with Gasteiger partial charge in [-0.2, -0.15) is 10.2 Å². The van der Waals surface area contributed by atoms with Crippen molar-refractivity contribution >= 4 is 17.7 Å². The van der Waals surface area contributed by atoms with E-state index in [1.165, 1.54) is 0 Å². The second-order valence-corrected chi connectivity index (χ2v) is 7.64. The maximum absolute atomic E-state index is 12.1. The predicted molar refractivity (Wildman–Crippen MR) is 119 cm³/mol. The number of hydrogen-bond acceptors (Lipinski definition) is 4. The van der Waals surface area contributed by atoms with Crippen LogP contribution >= 0.6 is 0 Å². The number of hydrazone groups is 1. The van der Waals surface area contributed by atoms with Crippen LogP contribution in [0.1, 0.15) is 26.3 Å². The van der Waals surface area contributed by atoms with Gasteiger partial charge in [0.15, 0.2) is 0 Å². The Morgan fingerprint density at radius 2 is 1.83 bits per heavy atom. The van der Waals surface area contributed by atoms with E-state index in [9.17, 15) is 4.79 Å². The minimum Gasteiger partial charge on any atom is -0.493 e. The SMILES string of the molecule is CC1=NNC(=O)/C1=C/c1cn(-c2ccccc2)nc1-c1ccc(OCC(C)C)cc1. The van der Waals surface area contributed by atoms with Crippen LogP contribution in [0.2, 0.25) is 0 Å². The number of ether oxygens (including phenoxy) is 1. The van der Waals surface area contributed by atoms with Crippen LogP contribution in [0.4, 0.5) is 0 Å². The van der Waals surface area contributed by atoms with Crippen LogP contribution in [0, 0.1) is 5.92 Å².